The predicted molar refractivity (Wildman–Crippen MR) is 91.2 cm³/mol. The van der Waals surface area contributed by atoms with Crippen LogP contribution in [0.1, 0.15) is 72.6 Å². The van der Waals surface area contributed by atoms with Crippen LogP contribution in [0.3, 0.4) is 0 Å². The van der Waals surface area contributed by atoms with Crippen molar-refractivity contribution in [3.05, 3.63) is 23.8 Å². The Hall–Kier alpha value is -0.560. The van der Waals surface area contributed by atoms with Gasteiger partial charge >= 0.3 is 0 Å². The lowest BCUT2D eigenvalue weighted by atomic mass is 9.46. The van der Waals surface area contributed by atoms with Crippen molar-refractivity contribution in [1.82, 2.24) is 0 Å². The van der Waals surface area contributed by atoms with Gasteiger partial charge < -0.3 is 5.11 Å². The molecule has 0 saturated heterocycles. The van der Waals surface area contributed by atoms with Crippen molar-refractivity contribution >= 4 is 0 Å². The third-order valence-corrected chi connectivity index (χ3v) is 6.59. The maximum atomic E-state index is 9.91. The molecule has 4 atom stereocenters. The molecular formula is C20H34O. The van der Waals surface area contributed by atoms with Crippen LogP contribution in [-0.2, 0) is 0 Å². The van der Waals surface area contributed by atoms with E-state index in [1.807, 2.05) is 0 Å². The van der Waals surface area contributed by atoms with Gasteiger partial charge in [-0.05, 0) is 69.1 Å². The lowest BCUT2D eigenvalue weighted by molar-refractivity contribution is -0.0764. The molecule has 0 aliphatic heterocycles. The van der Waals surface area contributed by atoms with Gasteiger partial charge in [0.1, 0.15) is 0 Å². The summed E-state index contributed by atoms with van der Waals surface area (Å²) in [6.07, 6.45) is 11.2. The fourth-order valence-corrected chi connectivity index (χ4v) is 5.41. The second kappa shape index (κ2) is 6.28. The van der Waals surface area contributed by atoms with E-state index >= 15 is 0 Å². The van der Waals surface area contributed by atoms with Gasteiger partial charge in [0.2, 0.25) is 0 Å². The third-order valence-electron chi connectivity index (χ3n) is 6.59. The fourth-order valence-electron chi connectivity index (χ4n) is 5.41. The summed E-state index contributed by atoms with van der Waals surface area (Å²) in [6, 6.07) is 0. The Labute approximate surface area is 131 Å². The van der Waals surface area contributed by atoms with E-state index in [1.54, 1.807) is 0 Å². The van der Waals surface area contributed by atoms with E-state index in [0.29, 0.717) is 11.3 Å². The zero-order valence-corrected chi connectivity index (χ0v) is 14.5. The molecular weight excluding hydrogens is 256 g/mol. The molecule has 120 valence electrons. The van der Waals surface area contributed by atoms with Crippen molar-refractivity contribution < 1.29 is 5.11 Å². The van der Waals surface area contributed by atoms with Gasteiger partial charge in [0.15, 0.2) is 0 Å². The van der Waals surface area contributed by atoms with Crippen LogP contribution in [0.15, 0.2) is 23.8 Å². The number of rotatable bonds is 4. The molecule has 0 amide bonds. The van der Waals surface area contributed by atoms with E-state index in [2.05, 4.69) is 40.3 Å². The molecule has 0 aromatic heterocycles. The molecule has 2 rings (SSSR count). The molecule has 21 heavy (non-hydrogen) atoms. The molecule has 2 fully saturated rings. The Morgan fingerprint density at radius 2 is 2.05 bits per heavy atom. The molecule has 0 spiro atoms. The molecule has 1 nitrogen and oxygen atoms in total. The number of aliphatic hydroxyl groups is 1. The molecule has 0 unspecified atom stereocenters. The maximum absolute atomic E-state index is 9.91. The first kappa shape index (κ1) is 16.8. The highest BCUT2D eigenvalue weighted by atomic mass is 16.3. The number of aliphatic hydroxyl groups excluding tert-OH is 1. The Morgan fingerprint density at radius 1 is 1.33 bits per heavy atom. The first-order valence-corrected chi connectivity index (χ1v) is 8.75. The van der Waals surface area contributed by atoms with E-state index in [0.717, 1.165) is 12.3 Å². The van der Waals surface area contributed by atoms with Crippen molar-refractivity contribution in [2.45, 2.75) is 72.6 Å². The van der Waals surface area contributed by atoms with Crippen molar-refractivity contribution in [3.8, 4) is 0 Å². The molecule has 0 aromatic carbocycles. The second-order valence-corrected chi connectivity index (χ2v) is 8.32. The average Bonchev–Trinajstić information content (AvgIpc) is 2.37. The smallest absolute Gasteiger partial charge is 0.0501 e. The van der Waals surface area contributed by atoms with Crippen LogP contribution in [0, 0.1) is 22.7 Å². The summed E-state index contributed by atoms with van der Waals surface area (Å²) in [5.41, 5.74) is 3.43. The highest BCUT2D eigenvalue weighted by molar-refractivity contribution is 5.16. The monoisotopic (exact) mass is 290 g/mol. The van der Waals surface area contributed by atoms with E-state index in [-0.39, 0.29) is 12.0 Å². The summed E-state index contributed by atoms with van der Waals surface area (Å²) in [6.45, 7) is 13.9. The molecule has 2 aliphatic rings. The minimum atomic E-state index is 0.266. The lowest BCUT2D eigenvalue weighted by Crippen LogP contribution is -2.51. The van der Waals surface area contributed by atoms with Gasteiger partial charge in [0, 0.05) is 5.92 Å². The number of hydrogen-bond donors (Lipinski definition) is 1. The number of fused-ring (bicyclic) bond motifs is 1. The normalized spacial score (nSPS) is 39.8. The van der Waals surface area contributed by atoms with Crippen LogP contribution in [0.2, 0.25) is 0 Å². The molecule has 0 radical (unpaired) electrons. The summed E-state index contributed by atoms with van der Waals surface area (Å²) in [5, 5.41) is 9.91. The van der Waals surface area contributed by atoms with Gasteiger partial charge in [-0.2, -0.15) is 0 Å². The van der Waals surface area contributed by atoms with Gasteiger partial charge in [0.25, 0.3) is 0 Å². The topological polar surface area (TPSA) is 20.2 Å². The minimum Gasteiger partial charge on any atom is -0.396 e. The number of allylic oxidation sites excluding steroid dienone is 2. The Kier molecular flexibility index (Phi) is 5.03. The zero-order chi connectivity index (χ0) is 15.7. The molecule has 1 heteroatoms. The summed E-state index contributed by atoms with van der Waals surface area (Å²) in [7, 11) is 0. The molecule has 2 aliphatic carbocycles. The van der Waals surface area contributed by atoms with Gasteiger partial charge in [-0.1, -0.05) is 44.1 Å². The molecule has 0 bridgehead atoms. The quantitative estimate of drug-likeness (QED) is 0.677. The van der Waals surface area contributed by atoms with Gasteiger partial charge in [-0.3, -0.25) is 0 Å². The summed E-state index contributed by atoms with van der Waals surface area (Å²) in [5.74, 6) is 1.06. The lowest BCUT2D eigenvalue weighted by Gasteiger charge is -2.58. The van der Waals surface area contributed by atoms with Crippen LogP contribution in [0.5, 0.6) is 0 Å². The second-order valence-electron chi connectivity index (χ2n) is 8.32. The van der Waals surface area contributed by atoms with Crippen LogP contribution in [0.4, 0.5) is 0 Å². The minimum absolute atomic E-state index is 0.266. The molecule has 1 N–H and O–H groups in total. The summed E-state index contributed by atoms with van der Waals surface area (Å²) < 4.78 is 0. The third kappa shape index (κ3) is 3.13. The standard InChI is InChI=1S/C20H34O/c1-15(2)8-6-11-19(4)12-7-13-20(5)17(14-21)16(3)9-10-18(19)20/h8,17-18,21H,3,6-7,9-14H2,1-2,4-5H3/t17-,18-,19+,20+/m0/s1. The van der Waals surface area contributed by atoms with Gasteiger partial charge in [0.05, 0.1) is 6.61 Å². The Morgan fingerprint density at radius 3 is 2.67 bits per heavy atom. The Balaban J connectivity index is 2.21. The largest absolute Gasteiger partial charge is 0.396 e. The van der Waals surface area contributed by atoms with Crippen molar-refractivity contribution in [1.29, 1.82) is 0 Å². The predicted octanol–water partition coefficient (Wildman–Crippen LogP) is 5.50. The first-order chi connectivity index (χ1) is 9.83. The van der Waals surface area contributed by atoms with E-state index < -0.39 is 0 Å². The molecule has 0 aromatic rings. The van der Waals surface area contributed by atoms with Crippen molar-refractivity contribution in [2.75, 3.05) is 6.61 Å². The zero-order valence-electron chi connectivity index (χ0n) is 14.5. The number of hydrogen-bond acceptors (Lipinski definition) is 1. The van der Waals surface area contributed by atoms with Crippen LogP contribution in [-0.4, -0.2) is 11.7 Å². The highest BCUT2D eigenvalue weighted by Crippen LogP contribution is 2.62. The van der Waals surface area contributed by atoms with Crippen LogP contribution in [0.25, 0.3) is 0 Å². The van der Waals surface area contributed by atoms with Crippen LogP contribution < -0.4 is 0 Å². The summed E-state index contributed by atoms with van der Waals surface area (Å²) >= 11 is 0. The highest BCUT2D eigenvalue weighted by Gasteiger charge is 2.53. The van der Waals surface area contributed by atoms with E-state index in [9.17, 15) is 5.11 Å². The van der Waals surface area contributed by atoms with Gasteiger partial charge in [-0.15, -0.1) is 0 Å². The molecule has 0 heterocycles. The van der Waals surface area contributed by atoms with Crippen LogP contribution >= 0.6 is 0 Å². The van der Waals surface area contributed by atoms with E-state index in [1.165, 1.54) is 49.7 Å². The van der Waals surface area contributed by atoms with Crippen molar-refractivity contribution in [2.24, 2.45) is 22.7 Å². The fraction of sp³-hybridized carbons (Fsp3) is 0.800. The molecule has 2 saturated carbocycles. The average molecular weight is 290 g/mol. The maximum Gasteiger partial charge on any atom is 0.0501 e. The SMILES string of the molecule is C=C1CC[C@H]2[C@](C)(CCC=C(C)C)CCC[C@]2(C)[C@H]1CO. The van der Waals surface area contributed by atoms with E-state index in [4.69, 9.17) is 0 Å². The first-order valence-electron chi connectivity index (χ1n) is 8.75. The summed E-state index contributed by atoms with van der Waals surface area (Å²) in [4.78, 5) is 0. The van der Waals surface area contributed by atoms with Gasteiger partial charge in [-0.25, -0.2) is 0 Å². The van der Waals surface area contributed by atoms with Crippen molar-refractivity contribution in [3.63, 3.8) is 0 Å². The Bertz CT molecular complexity index is 418.